The molecule has 0 bridgehead atoms. The summed E-state index contributed by atoms with van der Waals surface area (Å²) in [6, 6.07) is 24.6. The maximum atomic E-state index is 12.3. The molecule has 27 heavy (non-hydrogen) atoms. The lowest BCUT2D eigenvalue weighted by Gasteiger charge is -2.10. The molecular formula is C22H14N2O3. The van der Waals surface area contributed by atoms with E-state index >= 15 is 0 Å². The van der Waals surface area contributed by atoms with Crippen molar-refractivity contribution in [3.8, 4) is 23.6 Å². The van der Waals surface area contributed by atoms with Crippen molar-refractivity contribution in [2.75, 3.05) is 0 Å². The Bertz CT molecular complexity index is 1050. The van der Waals surface area contributed by atoms with Crippen molar-refractivity contribution in [1.29, 1.82) is 10.5 Å². The van der Waals surface area contributed by atoms with Crippen molar-refractivity contribution in [2.45, 2.75) is 6.61 Å². The van der Waals surface area contributed by atoms with Gasteiger partial charge in [-0.3, -0.25) is 0 Å². The minimum Gasteiger partial charge on any atom is -0.457 e. The highest BCUT2D eigenvalue weighted by molar-refractivity contribution is 5.89. The van der Waals surface area contributed by atoms with E-state index in [4.69, 9.17) is 14.7 Å². The number of nitriles is 2. The fraction of sp³-hybridized carbons (Fsp3) is 0.0455. The smallest absolute Gasteiger partial charge is 0.338 e. The van der Waals surface area contributed by atoms with Gasteiger partial charge in [-0.1, -0.05) is 42.5 Å². The average Bonchev–Trinajstić information content (AvgIpc) is 2.72. The second-order valence-electron chi connectivity index (χ2n) is 5.59. The Labute approximate surface area is 156 Å². The number of nitrogens with zero attached hydrogens (tertiary/aromatic N) is 2. The summed E-state index contributed by atoms with van der Waals surface area (Å²) in [6.45, 7) is 0.174. The van der Waals surface area contributed by atoms with Gasteiger partial charge in [0.25, 0.3) is 0 Å². The third-order valence-electron chi connectivity index (χ3n) is 3.77. The summed E-state index contributed by atoms with van der Waals surface area (Å²) in [4.78, 5) is 12.3. The first-order chi connectivity index (χ1) is 13.2. The lowest BCUT2D eigenvalue weighted by atomic mass is 10.1. The summed E-state index contributed by atoms with van der Waals surface area (Å²) in [5.41, 5.74) is 1.61. The SMILES string of the molecule is N#Cc1cccc(Oc2cccc(C(=O)OCc3ccccc3)c2)c1C#N. The predicted molar refractivity (Wildman–Crippen MR) is 97.9 cm³/mol. The van der Waals surface area contributed by atoms with Gasteiger partial charge in [-0.15, -0.1) is 0 Å². The predicted octanol–water partition coefficient (Wildman–Crippen LogP) is 4.58. The molecule has 0 fully saturated rings. The molecule has 0 saturated carbocycles. The zero-order valence-corrected chi connectivity index (χ0v) is 14.3. The van der Waals surface area contributed by atoms with E-state index < -0.39 is 5.97 Å². The number of hydrogen-bond acceptors (Lipinski definition) is 5. The normalized spacial score (nSPS) is 9.70. The van der Waals surface area contributed by atoms with Crippen LogP contribution in [0.3, 0.4) is 0 Å². The number of ether oxygens (including phenoxy) is 2. The van der Waals surface area contributed by atoms with Gasteiger partial charge < -0.3 is 9.47 Å². The van der Waals surface area contributed by atoms with Crippen LogP contribution in [-0.2, 0) is 11.3 Å². The number of benzene rings is 3. The third kappa shape index (κ3) is 4.31. The van der Waals surface area contributed by atoms with Gasteiger partial charge in [-0.05, 0) is 35.9 Å². The standard InChI is InChI=1S/C22H14N2O3/c23-13-18-9-5-11-21(20(18)14-24)27-19-10-4-8-17(12-19)22(25)26-15-16-6-2-1-3-7-16/h1-12H,15H2. The molecule has 3 aromatic carbocycles. The first kappa shape index (κ1) is 17.7. The first-order valence-corrected chi connectivity index (χ1v) is 8.13. The van der Waals surface area contributed by atoms with Gasteiger partial charge in [0.05, 0.1) is 11.1 Å². The Balaban J connectivity index is 1.76. The van der Waals surface area contributed by atoms with Crippen molar-refractivity contribution >= 4 is 5.97 Å². The van der Waals surface area contributed by atoms with Gasteiger partial charge in [-0.25, -0.2) is 4.79 Å². The molecular weight excluding hydrogens is 340 g/mol. The van der Waals surface area contributed by atoms with Gasteiger partial charge in [0.2, 0.25) is 0 Å². The van der Waals surface area contributed by atoms with Crippen LogP contribution in [0.15, 0.2) is 72.8 Å². The van der Waals surface area contributed by atoms with Crippen LogP contribution in [0.4, 0.5) is 0 Å². The Morgan fingerprint density at radius 1 is 0.889 bits per heavy atom. The van der Waals surface area contributed by atoms with Gasteiger partial charge in [0.1, 0.15) is 35.8 Å². The lowest BCUT2D eigenvalue weighted by Crippen LogP contribution is -2.05. The second kappa shape index (κ2) is 8.33. The molecule has 0 radical (unpaired) electrons. The van der Waals surface area contributed by atoms with Gasteiger partial charge in [0, 0.05) is 0 Å². The van der Waals surface area contributed by atoms with Crippen molar-refractivity contribution in [2.24, 2.45) is 0 Å². The van der Waals surface area contributed by atoms with E-state index in [0.717, 1.165) is 5.56 Å². The van der Waals surface area contributed by atoms with Crippen LogP contribution in [-0.4, -0.2) is 5.97 Å². The molecule has 5 heteroatoms. The quantitative estimate of drug-likeness (QED) is 0.626. The monoisotopic (exact) mass is 354 g/mol. The van der Waals surface area contributed by atoms with E-state index in [2.05, 4.69) is 0 Å². The molecule has 130 valence electrons. The summed E-state index contributed by atoms with van der Waals surface area (Å²) in [5, 5.41) is 18.4. The Hall–Kier alpha value is -4.09. The molecule has 0 heterocycles. The molecule has 5 nitrogen and oxygen atoms in total. The zero-order chi connectivity index (χ0) is 19.1. The number of hydrogen-bond donors (Lipinski definition) is 0. The van der Waals surface area contributed by atoms with E-state index in [9.17, 15) is 10.1 Å². The molecule has 0 saturated heterocycles. The van der Waals surface area contributed by atoms with E-state index in [1.54, 1.807) is 36.4 Å². The molecule has 0 aliphatic carbocycles. The third-order valence-corrected chi connectivity index (χ3v) is 3.77. The van der Waals surface area contributed by atoms with Gasteiger partial charge >= 0.3 is 5.97 Å². The molecule has 0 aliphatic heterocycles. The summed E-state index contributed by atoms with van der Waals surface area (Å²) >= 11 is 0. The number of carbonyl (C=O) groups is 1. The Morgan fingerprint density at radius 2 is 1.67 bits per heavy atom. The highest BCUT2D eigenvalue weighted by Crippen LogP contribution is 2.27. The zero-order valence-electron chi connectivity index (χ0n) is 14.3. The molecule has 0 aliphatic rings. The summed E-state index contributed by atoms with van der Waals surface area (Å²) < 4.78 is 11.0. The van der Waals surface area contributed by atoms with E-state index in [0.29, 0.717) is 11.3 Å². The fourth-order valence-electron chi connectivity index (χ4n) is 2.44. The first-order valence-electron chi connectivity index (χ1n) is 8.13. The molecule has 0 amide bonds. The summed E-state index contributed by atoms with van der Waals surface area (Å²) in [5.74, 6) is 0.151. The molecule has 3 rings (SSSR count). The minimum atomic E-state index is -0.476. The minimum absolute atomic E-state index is 0.150. The average molecular weight is 354 g/mol. The molecule has 0 aromatic heterocycles. The lowest BCUT2D eigenvalue weighted by molar-refractivity contribution is 0.0472. The van der Waals surface area contributed by atoms with Crippen LogP contribution < -0.4 is 4.74 Å². The van der Waals surface area contributed by atoms with Crippen molar-refractivity contribution in [3.63, 3.8) is 0 Å². The topological polar surface area (TPSA) is 83.1 Å². The number of carbonyl (C=O) groups excluding carboxylic acids is 1. The van der Waals surface area contributed by atoms with Crippen molar-refractivity contribution < 1.29 is 14.3 Å². The summed E-state index contributed by atoms with van der Waals surface area (Å²) in [7, 11) is 0. The van der Waals surface area contributed by atoms with Crippen LogP contribution in [0.2, 0.25) is 0 Å². The second-order valence-corrected chi connectivity index (χ2v) is 5.59. The van der Waals surface area contributed by atoms with Crippen LogP contribution in [0.5, 0.6) is 11.5 Å². The van der Waals surface area contributed by atoms with E-state index in [1.165, 1.54) is 6.07 Å². The highest BCUT2D eigenvalue weighted by atomic mass is 16.5. The Kier molecular flexibility index (Phi) is 5.47. The molecule has 0 spiro atoms. The molecule has 0 N–H and O–H groups in total. The van der Waals surface area contributed by atoms with Gasteiger partial charge in [0.15, 0.2) is 0 Å². The molecule has 3 aromatic rings. The van der Waals surface area contributed by atoms with E-state index in [1.807, 2.05) is 42.5 Å². The van der Waals surface area contributed by atoms with E-state index in [-0.39, 0.29) is 23.5 Å². The van der Waals surface area contributed by atoms with Crippen LogP contribution >= 0.6 is 0 Å². The number of esters is 1. The van der Waals surface area contributed by atoms with Crippen LogP contribution in [0.1, 0.15) is 27.0 Å². The molecule has 0 unspecified atom stereocenters. The highest BCUT2D eigenvalue weighted by Gasteiger charge is 2.12. The maximum Gasteiger partial charge on any atom is 0.338 e. The van der Waals surface area contributed by atoms with Crippen molar-refractivity contribution in [3.05, 3.63) is 95.1 Å². The van der Waals surface area contributed by atoms with Gasteiger partial charge in [-0.2, -0.15) is 10.5 Å². The van der Waals surface area contributed by atoms with Crippen LogP contribution in [0, 0.1) is 22.7 Å². The number of rotatable bonds is 5. The Morgan fingerprint density at radius 3 is 2.41 bits per heavy atom. The van der Waals surface area contributed by atoms with Crippen LogP contribution in [0.25, 0.3) is 0 Å². The maximum absolute atomic E-state index is 12.3. The van der Waals surface area contributed by atoms with Crippen molar-refractivity contribution in [1.82, 2.24) is 0 Å². The molecule has 0 atom stereocenters. The fourth-order valence-corrected chi connectivity index (χ4v) is 2.44. The summed E-state index contributed by atoms with van der Waals surface area (Å²) in [6.07, 6.45) is 0. The largest absolute Gasteiger partial charge is 0.457 e.